The fourth-order valence-electron chi connectivity index (χ4n) is 2.57. The van der Waals surface area contributed by atoms with Gasteiger partial charge in [0.15, 0.2) is 5.76 Å². The minimum Gasteiger partial charge on any atom is -0.360 e. The number of benzene rings is 1. The molecule has 94 valence electrons. The molecule has 1 atom stereocenters. The maximum atomic E-state index is 5.84. The lowest BCUT2D eigenvalue weighted by Gasteiger charge is -2.30. The van der Waals surface area contributed by atoms with Crippen LogP contribution in [0.1, 0.15) is 22.8 Å². The van der Waals surface area contributed by atoms with Crippen molar-refractivity contribution < 1.29 is 4.52 Å². The van der Waals surface area contributed by atoms with Crippen LogP contribution in [0.2, 0.25) is 0 Å². The second-order valence-electron chi connectivity index (χ2n) is 4.79. The zero-order chi connectivity index (χ0) is 12.4. The van der Waals surface area contributed by atoms with Gasteiger partial charge in [0.2, 0.25) is 0 Å². The molecule has 0 aliphatic carbocycles. The minimum absolute atomic E-state index is 0.337. The van der Waals surface area contributed by atoms with E-state index in [1.807, 2.05) is 12.3 Å². The minimum atomic E-state index is 0.337. The molecule has 0 radical (unpaired) electrons. The van der Waals surface area contributed by atoms with Crippen LogP contribution < -0.4 is 5.73 Å². The van der Waals surface area contributed by atoms with Gasteiger partial charge in [-0.15, -0.1) is 0 Å². The van der Waals surface area contributed by atoms with E-state index in [4.69, 9.17) is 10.3 Å². The lowest BCUT2D eigenvalue weighted by molar-refractivity contribution is 0.192. The number of nitrogens with zero attached hydrogens (tertiary/aromatic N) is 2. The van der Waals surface area contributed by atoms with Crippen molar-refractivity contribution in [3.05, 3.63) is 53.4 Å². The van der Waals surface area contributed by atoms with Crippen molar-refractivity contribution in [2.45, 2.75) is 19.0 Å². The van der Waals surface area contributed by atoms with E-state index in [-0.39, 0.29) is 0 Å². The number of hydrogen-bond donors (Lipinski definition) is 1. The number of nitrogens with two attached hydrogens (primary N) is 1. The Morgan fingerprint density at radius 3 is 2.94 bits per heavy atom. The standard InChI is InChI=1S/C14H17N3O/c15-6-12-9-17(8-11-4-2-1-3-5-11)10-14-13(12)7-16-18-14/h1-5,7,12H,6,8-10,15H2. The Balaban J connectivity index is 1.77. The second-order valence-corrected chi connectivity index (χ2v) is 4.79. The molecular weight excluding hydrogens is 226 g/mol. The lowest BCUT2D eigenvalue weighted by atomic mass is 9.95. The number of fused-ring (bicyclic) bond motifs is 1. The Morgan fingerprint density at radius 1 is 1.33 bits per heavy atom. The summed E-state index contributed by atoms with van der Waals surface area (Å²) >= 11 is 0. The van der Waals surface area contributed by atoms with Gasteiger partial charge in [-0.1, -0.05) is 35.5 Å². The largest absolute Gasteiger partial charge is 0.360 e. The zero-order valence-electron chi connectivity index (χ0n) is 10.2. The maximum Gasteiger partial charge on any atom is 0.154 e. The summed E-state index contributed by atoms with van der Waals surface area (Å²) in [6.07, 6.45) is 1.81. The molecule has 2 N–H and O–H groups in total. The molecule has 0 fully saturated rings. The molecule has 1 unspecified atom stereocenters. The summed E-state index contributed by atoms with van der Waals surface area (Å²) in [7, 11) is 0. The van der Waals surface area contributed by atoms with Crippen molar-refractivity contribution in [2.75, 3.05) is 13.1 Å². The predicted octanol–water partition coefficient (Wildman–Crippen LogP) is 1.73. The highest BCUT2D eigenvalue weighted by Gasteiger charge is 2.27. The summed E-state index contributed by atoms with van der Waals surface area (Å²) in [5, 5.41) is 3.89. The Hall–Kier alpha value is -1.65. The molecule has 1 aromatic carbocycles. The molecule has 4 heteroatoms. The van der Waals surface area contributed by atoms with Crippen molar-refractivity contribution >= 4 is 0 Å². The first-order valence-corrected chi connectivity index (χ1v) is 6.26. The van der Waals surface area contributed by atoms with Crippen LogP contribution in [0, 0.1) is 0 Å². The summed E-state index contributed by atoms with van der Waals surface area (Å²) in [6, 6.07) is 10.5. The van der Waals surface area contributed by atoms with Crippen LogP contribution in [0.3, 0.4) is 0 Å². The quantitative estimate of drug-likeness (QED) is 0.892. The van der Waals surface area contributed by atoms with Crippen molar-refractivity contribution in [1.82, 2.24) is 10.1 Å². The van der Waals surface area contributed by atoms with E-state index in [0.717, 1.165) is 25.4 Å². The van der Waals surface area contributed by atoms with E-state index in [0.29, 0.717) is 12.5 Å². The summed E-state index contributed by atoms with van der Waals surface area (Å²) in [5.41, 5.74) is 8.33. The third-order valence-electron chi connectivity index (χ3n) is 3.50. The van der Waals surface area contributed by atoms with Gasteiger partial charge in [0, 0.05) is 31.1 Å². The van der Waals surface area contributed by atoms with E-state index in [9.17, 15) is 0 Å². The van der Waals surface area contributed by atoms with E-state index >= 15 is 0 Å². The first-order chi connectivity index (χ1) is 8.86. The van der Waals surface area contributed by atoms with Gasteiger partial charge in [0.1, 0.15) is 0 Å². The first-order valence-electron chi connectivity index (χ1n) is 6.26. The van der Waals surface area contributed by atoms with Crippen LogP contribution in [-0.2, 0) is 13.1 Å². The topological polar surface area (TPSA) is 55.3 Å². The van der Waals surface area contributed by atoms with Gasteiger partial charge in [-0.3, -0.25) is 4.90 Å². The third-order valence-corrected chi connectivity index (χ3v) is 3.50. The number of hydrogen-bond acceptors (Lipinski definition) is 4. The summed E-state index contributed by atoms with van der Waals surface area (Å²) < 4.78 is 5.31. The molecule has 3 rings (SSSR count). The molecule has 18 heavy (non-hydrogen) atoms. The smallest absolute Gasteiger partial charge is 0.154 e. The van der Waals surface area contributed by atoms with Crippen LogP contribution >= 0.6 is 0 Å². The van der Waals surface area contributed by atoms with Crippen LogP contribution in [0.25, 0.3) is 0 Å². The van der Waals surface area contributed by atoms with Crippen LogP contribution in [-0.4, -0.2) is 23.1 Å². The van der Waals surface area contributed by atoms with Crippen LogP contribution in [0.15, 0.2) is 41.1 Å². The summed E-state index contributed by atoms with van der Waals surface area (Å²) in [5.74, 6) is 1.30. The normalized spacial score (nSPS) is 19.7. The van der Waals surface area contributed by atoms with Gasteiger partial charge in [-0.05, 0) is 5.56 Å². The average Bonchev–Trinajstić information content (AvgIpc) is 2.87. The highest BCUT2D eigenvalue weighted by molar-refractivity contribution is 5.23. The molecule has 1 aromatic heterocycles. The van der Waals surface area contributed by atoms with E-state index in [2.05, 4.69) is 34.3 Å². The Bertz CT molecular complexity index is 509. The molecule has 1 aliphatic rings. The molecular formula is C14H17N3O. The van der Waals surface area contributed by atoms with Crippen molar-refractivity contribution in [3.63, 3.8) is 0 Å². The van der Waals surface area contributed by atoms with Gasteiger partial charge in [0.05, 0.1) is 12.7 Å². The van der Waals surface area contributed by atoms with E-state index in [1.54, 1.807) is 0 Å². The van der Waals surface area contributed by atoms with Crippen LogP contribution in [0.5, 0.6) is 0 Å². The number of aromatic nitrogens is 1. The predicted molar refractivity (Wildman–Crippen MR) is 68.9 cm³/mol. The molecule has 0 saturated carbocycles. The third kappa shape index (κ3) is 2.17. The number of rotatable bonds is 3. The van der Waals surface area contributed by atoms with Gasteiger partial charge < -0.3 is 10.3 Å². The van der Waals surface area contributed by atoms with Crippen LogP contribution in [0.4, 0.5) is 0 Å². The monoisotopic (exact) mass is 243 g/mol. The molecule has 0 spiro atoms. The second kappa shape index (κ2) is 4.92. The highest BCUT2D eigenvalue weighted by atomic mass is 16.5. The van der Waals surface area contributed by atoms with Crippen molar-refractivity contribution in [2.24, 2.45) is 5.73 Å². The average molecular weight is 243 g/mol. The highest BCUT2D eigenvalue weighted by Crippen LogP contribution is 2.28. The van der Waals surface area contributed by atoms with Gasteiger partial charge >= 0.3 is 0 Å². The molecule has 0 amide bonds. The fourth-order valence-corrected chi connectivity index (χ4v) is 2.57. The summed E-state index contributed by atoms with van der Waals surface area (Å²) in [6.45, 7) is 3.36. The van der Waals surface area contributed by atoms with Gasteiger partial charge in [-0.2, -0.15) is 0 Å². The molecule has 0 bridgehead atoms. The van der Waals surface area contributed by atoms with Gasteiger partial charge in [0.25, 0.3) is 0 Å². The van der Waals surface area contributed by atoms with E-state index < -0.39 is 0 Å². The SMILES string of the molecule is NCC1CN(Cc2ccccc2)Cc2oncc21. The molecule has 2 heterocycles. The zero-order valence-corrected chi connectivity index (χ0v) is 10.2. The summed E-state index contributed by atoms with van der Waals surface area (Å²) in [4.78, 5) is 2.36. The molecule has 1 aliphatic heterocycles. The van der Waals surface area contributed by atoms with Gasteiger partial charge in [-0.25, -0.2) is 0 Å². The fraction of sp³-hybridized carbons (Fsp3) is 0.357. The molecule has 0 saturated heterocycles. The van der Waals surface area contributed by atoms with E-state index in [1.165, 1.54) is 11.1 Å². The van der Waals surface area contributed by atoms with Crippen molar-refractivity contribution in [1.29, 1.82) is 0 Å². The Kier molecular flexibility index (Phi) is 3.13. The molecule has 4 nitrogen and oxygen atoms in total. The van der Waals surface area contributed by atoms with Crippen molar-refractivity contribution in [3.8, 4) is 0 Å². The molecule has 2 aromatic rings. The lowest BCUT2D eigenvalue weighted by Crippen LogP contribution is -2.35. The Morgan fingerprint density at radius 2 is 2.17 bits per heavy atom. The maximum absolute atomic E-state index is 5.84. The Labute approximate surface area is 106 Å². The first kappa shape index (κ1) is 11.4.